The lowest BCUT2D eigenvalue weighted by Gasteiger charge is -2.38. The number of aromatic nitrogens is 1. The predicted octanol–water partition coefficient (Wildman–Crippen LogP) is 1.18. The second-order valence-corrected chi connectivity index (χ2v) is 16.7. The summed E-state index contributed by atoms with van der Waals surface area (Å²) in [5.41, 5.74) is -0.323. The predicted molar refractivity (Wildman–Crippen MR) is 166 cm³/mol. The van der Waals surface area contributed by atoms with Crippen LogP contribution in [0.4, 0.5) is 0 Å². The average molecular weight is 662 g/mol. The van der Waals surface area contributed by atoms with Gasteiger partial charge in [-0.05, 0) is 62.4 Å². The van der Waals surface area contributed by atoms with Crippen molar-refractivity contribution in [2.45, 2.75) is 64.4 Å². The number of aliphatic hydroxyl groups is 2. The van der Waals surface area contributed by atoms with Crippen molar-refractivity contribution < 1.29 is 36.5 Å². The first-order chi connectivity index (χ1) is 21.4. The third-order valence-electron chi connectivity index (χ3n) is 9.39. The number of sulfonamides is 1. The molecule has 14 heteroatoms. The quantitative estimate of drug-likeness (QED) is 0.272. The zero-order valence-electron chi connectivity index (χ0n) is 25.1. The fraction of sp³-hybridized carbons (Fsp3) is 0.516. The van der Waals surface area contributed by atoms with E-state index in [1.807, 2.05) is 0 Å². The number of benzene rings is 2. The van der Waals surface area contributed by atoms with Crippen molar-refractivity contribution in [2.75, 3.05) is 39.5 Å². The number of hydrogen-bond acceptors (Lipinski definition) is 10. The molecule has 0 amide bonds. The Labute approximate surface area is 262 Å². The van der Waals surface area contributed by atoms with E-state index in [9.17, 15) is 31.8 Å². The molecule has 1 spiro atoms. The molecule has 1 saturated carbocycles. The van der Waals surface area contributed by atoms with Crippen LogP contribution in [0.3, 0.4) is 0 Å². The number of nitrogens with one attached hydrogen (secondary N) is 1. The van der Waals surface area contributed by atoms with Gasteiger partial charge < -0.3 is 29.6 Å². The van der Waals surface area contributed by atoms with Crippen LogP contribution in [0.15, 0.2) is 69.3 Å². The Morgan fingerprint density at radius 1 is 1.07 bits per heavy atom. The lowest BCUT2D eigenvalue weighted by atomic mass is 9.88. The minimum Gasteiger partial charge on any atom is -0.491 e. The molecule has 0 bridgehead atoms. The van der Waals surface area contributed by atoms with E-state index in [0.717, 1.165) is 0 Å². The second kappa shape index (κ2) is 12.1. The number of aliphatic hydroxyl groups excluding tert-OH is 2. The lowest BCUT2D eigenvalue weighted by molar-refractivity contribution is -0.0312. The van der Waals surface area contributed by atoms with Crippen LogP contribution in [0.2, 0.25) is 0 Å². The van der Waals surface area contributed by atoms with Crippen molar-refractivity contribution in [3.05, 3.63) is 65.0 Å². The van der Waals surface area contributed by atoms with Gasteiger partial charge in [0.25, 0.3) is 0 Å². The highest BCUT2D eigenvalue weighted by molar-refractivity contribution is 7.93. The van der Waals surface area contributed by atoms with Gasteiger partial charge in [0.15, 0.2) is 9.84 Å². The molecule has 2 aliphatic heterocycles. The van der Waals surface area contributed by atoms with Crippen LogP contribution in [0, 0.1) is 0 Å². The van der Waals surface area contributed by atoms with Crippen LogP contribution in [0.1, 0.15) is 32.1 Å². The number of rotatable bonds is 11. The first kappa shape index (κ1) is 32.1. The molecule has 6 rings (SSSR count). The molecule has 2 saturated heterocycles. The van der Waals surface area contributed by atoms with E-state index >= 15 is 0 Å². The third kappa shape index (κ3) is 6.04. The van der Waals surface area contributed by atoms with Gasteiger partial charge in [-0.25, -0.2) is 16.8 Å². The lowest BCUT2D eigenvalue weighted by Crippen LogP contribution is -2.47. The first-order valence-corrected chi connectivity index (χ1v) is 18.0. The van der Waals surface area contributed by atoms with Crippen molar-refractivity contribution in [1.82, 2.24) is 14.2 Å². The Morgan fingerprint density at radius 2 is 1.80 bits per heavy atom. The minimum absolute atomic E-state index is 0.0442. The summed E-state index contributed by atoms with van der Waals surface area (Å²) in [5, 5.41) is 23.8. The van der Waals surface area contributed by atoms with Crippen molar-refractivity contribution in [1.29, 1.82) is 0 Å². The molecular weight excluding hydrogens is 622 g/mol. The van der Waals surface area contributed by atoms with Crippen LogP contribution < -0.4 is 15.5 Å². The largest absolute Gasteiger partial charge is 0.491 e. The number of pyridine rings is 1. The van der Waals surface area contributed by atoms with Crippen LogP contribution in [-0.2, 0) is 31.6 Å². The molecule has 2 atom stereocenters. The number of sulfone groups is 1. The Hall–Kier alpha value is -2.85. The fourth-order valence-electron chi connectivity index (χ4n) is 6.38. The van der Waals surface area contributed by atoms with Gasteiger partial charge in [-0.15, -0.1) is 0 Å². The van der Waals surface area contributed by atoms with Gasteiger partial charge >= 0.3 is 0 Å². The molecule has 244 valence electrons. The highest BCUT2D eigenvalue weighted by Gasteiger charge is 2.54. The molecule has 12 nitrogen and oxygen atoms in total. The number of piperidine rings is 1. The van der Waals surface area contributed by atoms with Crippen LogP contribution >= 0.6 is 0 Å². The van der Waals surface area contributed by atoms with Crippen LogP contribution in [-0.4, -0.2) is 97.9 Å². The maximum absolute atomic E-state index is 13.5. The van der Waals surface area contributed by atoms with Crippen LogP contribution in [0.5, 0.6) is 5.75 Å². The monoisotopic (exact) mass is 661 g/mol. The van der Waals surface area contributed by atoms with E-state index in [0.29, 0.717) is 55.4 Å². The standard InChI is InChI=1S/C31H39N3O9S2/c1-33-18-28(29(37)26-7-2-3-8-27(26)33)45(40,41)34-13-11-30(12-14-34)16-22(19-43-30)32-17-23(36)20-42-24-5-4-6-25(15-24)44(38,39)31(21-35)9-10-31/h2-8,15,18,22-23,32,35-36H,9-14,16-17,19-21H2,1H3/t22?,23-/m0/s1. The third-order valence-corrected chi connectivity index (χ3v) is 13.8. The van der Waals surface area contributed by atoms with Gasteiger partial charge in [0.1, 0.15) is 23.4 Å². The molecule has 45 heavy (non-hydrogen) atoms. The highest BCUT2D eigenvalue weighted by Crippen LogP contribution is 2.46. The van der Waals surface area contributed by atoms with Gasteiger partial charge in [0.05, 0.1) is 34.0 Å². The fourth-order valence-corrected chi connectivity index (χ4v) is 9.79. The van der Waals surface area contributed by atoms with Crippen LogP contribution in [0.25, 0.3) is 10.9 Å². The number of para-hydroxylation sites is 1. The maximum atomic E-state index is 13.5. The molecular formula is C31H39N3O9S2. The molecule has 3 fully saturated rings. The number of fused-ring (bicyclic) bond motifs is 1. The Bertz CT molecular complexity index is 1850. The van der Waals surface area contributed by atoms with Crippen molar-refractivity contribution in [3.8, 4) is 5.75 Å². The zero-order valence-corrected chi connectivity index (χ0v) is 26.7. The molecule has 3 aliphatic rings. The molecule has 1 unspecified atom stereocenters. The van der Waals surface area contributed by atoms with Gasteiger partial charge in [0, 0.05) is 44.3 Å². The van der Waals surface area contributed by atoms with Crippen molar-refractivity contribution in [2.24, 2.45) is 7.05 Å². The van der Waals surface area contributed by atoms with Gasteiger partial charge in [-0.2, -0.15) is 4.31 Å². The van der Waals surface area contributed by atoms with Gasteiger partial charge in [0.2, 0.25) is 15.5 Å². The number of ether oxygens (including phenoxy) is 2. The van der Waals surface area contributed by atoms with E-state index < -0.39 is 48.3 Å². The molecule has 1 aliphatic carbocycles. The minimum atomic E-state index is -4.00. The topological polar surface area (TPSA) is 164 Å². The van der Waals surface area contributed by atoms with Gasteiger partial charge in [-0.3, -0.25) is 4.79 Å². The molecule has 2 aromatic carbocycles. The smallest absolute Gasteiger partial charge is 0.248 e. The SMILES string of the molecule is Cn1cc(S(=O)(=O)N2CCC3(CC2)CC(NC[C@H](O)COc2cccc(S(=O)(=O)C4(CO)CC4)c2)CO3)c(=O)c2ccccc21. The summed E-state index contributed by atoms with van der Waals surface area (Å²) in [6.45, 7) is 0.632. The summed E-state index contributed by atoms with van der Waals surface area (Å²) in [6, 6.07) is 13.0. The number of hydrogen-bond donors (Lipinski definition) is 3. The van der Waals surface area contributed by atoms with Crippen molar-refractivity contribution >= 4 is 30.8 Å². The number of aryl methyl sites for hydroxylation is 1. The summed E-state index contributed by atoms with van der Waals surface area (Å²) in [4.78, 5) is 13.0. The Balaban J connectivity index is 0.996. The van der Waals surface area contributed by atoms with E-state index in [1.165, 1.54) is 22.6 Å². The molecule has 3 N–H and O–H groups in total. The summed E-state index contributed by atoms with van der Waals surface area (Å²) in [7, 11) is -5.95. The van der Waals surface area contributed by atoms with Gasteiger partial charge in [-0.1, -0.05) is 18.2 Å². The molecule has 1 aromatic heterocycles. The summed E-state index contributed by atoms with van der Waals surface area (Å²) < 4.78 is 66.6. The maximum Gasteiger partial charge on any atom is 0.248 e. The molecule has 0 radical (unpaired) electrons. The first-order valence-electron chi connectivity index (χ1n) is 15.1. The summed E-state index contributed by atoms with van der Waals surface area (Å²) in [6.07, 6.45) is 3.00. The molecule has 3 heterocycles. The number of nitrogens with zero attached hydrogens (tertiary/aromatic N) is 2. The average Bonchev–Trinajstić information content (AvgIpc) is 3.77. The second-order valence-electron chi connectivity index (χ2n) is 12.4. The Kier molecular flexibility index (Phi) is 8.61. The van der Waals surface area contributed by atoms with E-state index in [4.69, 9.17) is 9.47 Å². The summed E-state index contributed by atoms with van der Waals surface area (Å²) in [5.74, 6) is 0.315. The van der Waals surface area contributed by atoms with E-state index in [1.54, 1.807) is 48.0 Å². The van der Waals surface area contributed by atoms with E-state index in [2.05, 4.69) is 5.32 Å². The Morgan fingerprint density at radius 3 is 2.51 bits per heavy atom. The van der Waals surface area contributed by atoms with Crippen molar-refractivity contribution in [3.63, 3.8) is 0 Å². The highest BCUT2D eigenvalue weighted by atomic mass is 32.2. The normalized spacial score (nSPS) is 22.1. The van der Waals surface area contributed by atoms with E-state index in [-0.39, 0.29) is 42.1 Å². The summed E-state index contributed by atoms with van der Waals surface area (Å²) >= 11 is 0. The molecule has 3 aromatic rings. The zero-order chi connectivity index (χ0) is 32.0.